The lowest BCUT2D eigenvalue weighted by Gasteiger charge is -2.20. The molecule has 7 heteroatoms. The summed E-state index contributed by atoms with van der Waals surface area (Å²) >= 11 is 0. The number of methoxy groups -OCH3 is 2. The Morgan fingerprint density at radius 2 is 1.23 bits per heavy atom. The number of amides is 2. The third-order valence-corrected chi connectivity index (χ3v) is 4.24. The lowest BCUT2D eigenvalue weighted by molar-refractivity contribution is 0.0591. The van der Waals surface area contributed by atoms with Crippen molar-refractivity contribution in [3.8, 4) is 0 Å². The zero-order valence-corrected chi connectivity index (χ0v) is 14.3. The van der Waals surface area contributed by atoms with Gasteiger partial charge in [0, 0.05) is 0 Å². The monoisotopic (exact) mass is 354 g/mol. The fraction of sp³-hybridized carbons (Fsp3) is 0.211. The van der Waals surface area contributed by atoms with Crippen molar-refractivity contribution in [1.82, 2.24) is 10.6 Å². The minimum atomic E-state index is -0.451. The molecule has 2 amide bonds. The summed E-state index contributed by atoms with van der Waals surface area (Å²) in [6.07, 6.45) is 0. The predicted molar refractivity (Wildman–Crippen MR) is 92.7 cm³/mol. The molecule has 0 radical (unpaired) electrons. The van der Waals surface area contributed by atoms with Crippen LogP contribution in [0.4, 0.5) is 4.79 Å². The Balaban J connectivity index is 1.96. The quantitative estimate of drug-likeness (QED) is 0.822. The van der Waals surface area contributed by atoms with E-state index in [9.17, 15) is 14.4 Å². The van der Waals surface area contributed by atoms with Gasteiger partial charge in [-0.3, -0.25) is 0 Å². The average molecular weight is 354 g/mol. The Bertz CT molecular complexity index is 795. The van der Waals surface area contributed by atoms with Gasteiger partial charge < -0.3 is 20.1 Å². The van der Waals surface area contributed by atoms with Crippen LogP contribution in [0.5, 0.6) is 0 Å². The average Bonchev–Trinajstić information content (AvgIpc) is 3.08. The Morgan fingerprint density at radius 1 is 0.808 bits per heavy atom. The van der Waals surface area contributed by atoms with Gasteiger partial charge in [-0.05, 0) is 35.4 Å². The fourth-order valence-electron chi connectivity index (χ4n) is 3.00. The summed E-state index contributed by atoms with van der Waals surface area (Å²) in [5, 5.41) is 5.69. The maximum absolute atomic E-state index is 12.0. The van der Waals surface area contributed by atoms with E-state index in [1.54, 1.807) is 36.4 Å². The molecule has 1 aliphatic rings. The third kappa shape index (κ3) is 3.37. The Kier molecular flexibility index (Phi) is 4.88. The maximum atomic E-state index is 12.0. The van der Waals surface area contributed by atoms with Crippen molar-refractivity contribution < 1.29 is 23.9 Å². The van der Waals surface area contributed by atoms with Crippen LogP contribution in [0.1, 0.15) is 43.9 Å². The summed E-state index contributed by atoms with van der Waals surface area (Å²) in [6, 6.07) is 12.6. The number of hydrogen-bond acceptors (Lipinski definition) is 5. The van der Waals surface area contributed by atoms with Crippen LogP contribution >= 0.6 is 0 Å². The molecule has 1 aliphatic heterocycles. The summed E-state index contributed by atoms with van der Waals surface area (Å²) < 4.78 is 9.50. The van der Waals surface area contributed by atoms with Crippen LogP contribution in [0.25, 0.3) is 0 Å². The number of rotatable bonds is 4. The number of benzene rings is 2. The van der Waals surface area contributed by atoms with E-state index in [-0.39, 0.29) is 6.03 Å². The van der Waals surface area contributed by atoms with E-state index in [0.29, 0.717) is 11.1 Å². The standard InChI is InChI=1S/C19H18N2O5/c1-25-17(22)13-7-3-5-11(9-13)15-16(21-19(24)20-15)12-6-4-8-14(10-12)18(23)26-2/h3-10,15-16H,1-2H3,(H2,20,21,24)/t15-,16-/m1/s1. The first-order valence-electron chi connectivity index (χ1n) is 7.97. The molecular weight excluding hydrogens is 336 g/mol. The Hall–Kier alpha value is -3.35. The van der Waals surface area contributed by atoms with Crippen molar-refractivity contribution in [3.05, 3.63) is 70.8 Å². The molecular formula is C19H18N2O5. The molecule has 3 rings (SSSR count). The van der Waals surface area contributed by atoms with Gasteiger partial charge in [-0.25, -0.2) is 14.4 Å². The summed E-state index contributed by atoms with van der Waals surface area (Å²) in [7, 11) is 2.63. The molecule has 2 aromatic carbocycles. The fourth-order valence-corrected chi connectivity index (χ4v) is 3.00. The first-order chi connectivity index (χ1) is 12.5. The van der Waals surface area contributed by atoms with Crippen LogP contribution < -0.4 is 10.6 Å². The molecule has 1 saturated heterocycles. The second-order valence-corrected chi connectivity index (χ2v) is 5.81. The van der Waals surface area contributed by atoms with Crippen molar-refractivity contribution in [2.75, 3.05) is 14.2 Å². The number of carbonyl (C=O) groups excluding carboxylic acids is 3. The molecule has 0 saturated carbocycles. The highest BCUT2D eigenvalue weighted by Crippen LogP contribution is 2.33. The normalized spacial score (nSPS) is 18.6. The van der Waals surface area contributed by atoms with E-state index in [0.717, 1.165) is 11.1 Å². The van der Waals surface area contributed by atoms with Gasteiger partial charge in [-0.2, -0.15) is 0 Å². The second-order valence-electron chi connectivity index (χ2n) is 5.81. The highest BCUT2D eigenvalue weighted by Gasteiger charge is 2.34. The molecule has 134 valence electrons. The van der Waals surface area contributed by atoms with E-state index in [2.05, 4.69) is 10.6 Å². The molecule has 2 atom stereocenters. The first kappa shape index (κ1) is 17.5. The van der Waals surface area contributed by atoms with Crippen molar-refractivity contribution in [1.29, 1.82) is 0 Å². The highest BCUT2D eigenvalue weighted by atomic mass is 16.5. The molecule has 1 heterocycles. The minimum Gasteiger partial charge on any atom is -0.465 e. The smallest absolute Gasteiger partial charge is 0.337 e. The van der Waals surface area contributed by atoms with Gasteiger partial charge in [0.15, 0.2) is 0 Å². The summed E-state index contributed by atoms with van der Waals surface area (Å²) in [4.78, 5) is 35.5. The molecule has 1 fully saturated rings. The lowest BCUT2D eigenvalue weighted by Crippen LogP contribution is -2.22. The van der Waals surface area contributed by atoms with Crippen LogP contribution in [0.2, 0.25) is 0 Å². The summed E-state index contributed by atoms with van der Waals surface area (Å²) in [6.45, 7) is 0. The van der Waals surface area contributed by atoms with Crippen molar-refractivity contribution in [3.63, 3.8) is 0 Å². The van der Waals surface area contributed by atoms with Crippen LogP contribution in [0.15, 0.2) is 48.5 Å². The maximum Gasteiger partial charge on any atom is 0.337 e. The number of nitrogens with one attached hydrogen (secondary N) is 2. The molecule has 0 aliphatic carbocycles. The van der Waals surface area contributed by atoms with Crippen molar-refractivity contribution in [2.45, 2.75) is 12.1 Å². The number of urea groups is 1. The Labute approximate surface area is 150 Å². The molecule has 2 N–H and O–H groups in total. The van der Waals surface area contributed by atoms with Crippen molar-refractivity contribution in [2.24, 2.45) is 0 Å². The van der Waals surface area contributed by atoms with Gasteiger partial charge in [0.2, 0.25) is 0 Å². The largest absolute Gasteiger partial charge is 0.465 e. The number of ether oxygens (including phenoxy) is 2. The molecule has 26 heavy (non-hydrogen) atoms. The van der Waals surface area contributed by atoms with E-state index in [4.69, 9.17) is 9.47 Å². The second kappa shape index (κ2) is 7.26. The van der Waals surface area contributed by atoms with Crippen LogP contribution in [-0.4, -0.2) is 32.2 Å². The zero-order chi connectivity index (χ0) is 18.7. The van der Waals surface area contributed by atoms with Gasteiger partial charge in [0.25, 0.3) is 0 Å². The Morgan fingerprint density at radius 3 is 1.62 bits per heavy atom. The zero-order valence-electron chi connectivity index (χ0n) is 14.3. The van der Waals surface area contributed by atoms with Crippen LogP contribution in [-0.2, 0) is 9.47 Å². The number of esters is 2. The SMILES string of the molecule is COC(=O)c1cccc([C@H]2NC(=O)N[C@@H]2c2cccc(C(=O)OC)c2)c1. The highest BCUT2D eigenvalue weighted by molar-refractivity contribution is 5.90. The summed E-state index contributed by atoms with van der Waals surface area (Å²) in [5.74, 6) is -0.901. The van der Waals surface area contributed by atoms with Gasteiger partial charge in [-0.15, -0.1) is 0 Å². The predicted octanol–water partition coefficient (Wildman–Crippen LogP) is 2.36. The molecule has 0 spiro atoms. The first-order valence-corrected chi connectivity index (χ1v) is 7.97. The van der Waals surface area contributed by atoms with E-state index < -0.39 is 24.0 Å². The topological polar surface area (TPSA) is 93.7 Å². The summed E-state index contributed by atoms with van der Waals surface area (Å²) in [5.41, 5.74) is 2.29. The number of hydrogen-bond donors (Lipinski definition) is 2. The number of carbonyl (C=O) groups is 3. The molecule has 7 nitrogen and oxygen atoms in total. The third-order valence-electron chi connectivity index (χ3n) is 4.24. The van der Waals surface area contributed by atoms with Gasteiger partial charge in [0.1, 0.15) is 0 Å². The lowest BCUT2D eigenvalue weighted by atomic mass is 9.93. The van der Waals surface area contributed by atoms with Gasteiger partial charge >= 0.3 is 18.0 Å². The van der Waals surface area contributed by atoms with E-state index in [1.165, 1.54) is 14.2 Å². The molecule has 0 aromatic heterocycles. The molecule has 0 unspecified atom stereocenters. The van der Waals surface area contributed by atoms with Crippen LogP contribution in [0, 0.1) is 0 Å². The van der Waals surface area contributed by atoms with Crippen LogP contribution in [0.3, 0.4) is 0 Å². The van der Waals surface area contributed by atoms with E-state index in [1.807, 2.05) is 12.1 Å². The van der Waals surface area contributed by atoms with E-state index >= 15 is 0 Å². The van der Waals surface area contributed by atoms with Gasteiger partial charge in [-0.1, -0.05) is 24.3 Å². The molecule has 2 aromatic rings. The van der Waals surface area contributed by atoms with Crippen molar-refractivity contribution >= 4 is 18.0 Å². The van der Waals surface area contributed by atoms with Gasteiger partial charge in [0.05, 0.1) is 37.4 Å². The minimum absolute atomic E-state index is 0.327. The molecule has 0 bridgehead atoms.